The molecule has 3 aromatic rings. The summed E-state index contributed by atoms with van der Waals surface area (Å²) in [6.45, 7) is 4.75. The van der Waals surface area contributed by atoms with Crippen LogP contribution >= 0.6 is 0 Å². The molecule has 0 aliphatic rings. The molecule has 0 spiro atoms. The zero-order valence-corrected chi connectivity index (χ0v) is 16.9. The van der Waals surface area contributed by atoms with Gasteiger partial charge >= 0.3 is 0 Å². The molecule has 28 heavy (non-hydrogen) atoms. The van der Waals surface area contributed by atoms with Gasteiger partial charge in [0.1, 0.15) is 10.1 Å². The van der Waals surface area contributed by atoms with Gasteiger partial charge in [0, 0.05) is 16.9 Å². The van der Waals surface area contributed by atoms with E-state index in [2.05, 4.69) is 31.2 Å². The Morgan fingerprint density at radius 1 is 0.893 bits per heavy atom. The Hall–Kier alpha value is -2.70. The highest BCUT2D eigenvalue weighted by Crippen LogP contribution is 2.16. The van der Waals surface area contributed by atoms with Crippen LogP contribution in [0.3, 0.4) is 0 Å². The van der Waals surface area contributed by atoms with Crippen LogP contribution in [0, 0.1) is 6.92 Å². The van der Waals surface area contributed by atoms with Gasteiger partial charge in [0.05, 0.1) is 4.90 Å². The van der Waals surface area contributed by atoms with Gasteiger partial charge in [-0.05, 0) is 36.6 Å². The summed E-state index contributed by atoms with van der Waals surface area (Å²) in [4.78, 5) is 5.38. The molecule has 0 N–H and O–H groups in total. The largest absolute Gasteiger partial charge is 0.744 e. The van der Waals surface area contributed by atoms with E-state index in [0.717, 1.165) is 25.0 Å². The van der Waals surface area contributed by atoms with Crippen molar-refractivity contribution in [3.05, 3.63) is 84.7 Å². The minimum absolute atomic E-state index is 0.178. The number of aryl methyl sites for hydroxylation is 1. The van der Waals surface area contributed by atoms with Crippen LogP contribution in [-0.2, 0) is 10.1 Å². The second-order valence-electron chi connectivity index (χ2n) is 6.27. The lowest BCUT2D eigenvalue weighted by Crippen LogP contribution is -2.42. The number of pyridine rings is 1. The predicted molar refractivity (Wildman–Crippen MR) is 108 cm³/mol. The fraction of sp³-hybridized carbons (Fsp3) is 0.227. The van der Waals surface area contributed by atoms with Gasteiger partial charge < -0.3 is 4.55 Å². The van der Waals surface area contributed by atoms with Crippen LogP contribution in [-0.4, -0.2) is 19.6 Å². The van der Waals surface area contributed by atoms with Crippen molar-refractivity contribution in [2.75, 3.05) is 6.61 Å². The summed E-state index contributed by atoms with van der Waals surface area (Å²) in [5.74, 6) is 0. The van der Waals surface area contributed by atoms with E-state index in [-0.39, 0.29) is 4.90 Å². The van der Waals surface area contributed by atoms with Crippen LogP contribution < -0.4 is 9.57 Å². The van der Waals surface area contributed by atoms with Gasteiger partial charge in [-0.1, -0.05) is 61.4 Å². The van der Waals surface area contributed by atoms with E-state index in [1.165, 1.54) is 23.3 Å². The maximum absolute atomic E-state index is 10.4. The topological polar surface area (TPSA) is 70.3 Å². The van der Waals surface area contributed by atoms with Crippen LogP contribution in [0.25, 0.3) is 11.1 Å². The summed E-state index contributed by atoms with van der Waals surface area (Å²) in [6.07, 6.45) is 6.16. The number of hydrogen-bond donors (Lipinski definition) is 0. The van der Waals surface area contributed by atoms with Crippen molar-refractivity contribution < 1.29 is 22.5 Å². The molecule has 0 bridgehead atoms. The zero-order valence-electron chi connectivity index (χ0n) is 16.1. The van der Waals surface area contributed by atoms with Crippen molar-refractivity contribution in [1.82, 2.24) is 0 Å². The number of hydrogen-bond acceptors (Lipinski definition) is 4. The quantitative estimate of drug-likeness (QED) is 0.359. The lowest BCUT2D eigenvalue weighted by atomic mass is 10.1. The molecule has 0 saturated heterocycles. The van der Waals surface area contributed by atoms with E-state index in [9.17, 15) is 13.0 Å². The molecule has 1 heterocycles. The fourth-order valence-corrected chi connectivity index (χ4v) is 2.81. The Kier molecular flexibility index (Phi) is 8.17. The van der Waals surface area contributed by atoms with Crippen molar-refractivity contribution in [3.8, 4) is 11.1 Å². The summed E-state index contributed by atoms with van der Waals surface area (Å²) < 4.78 is 32.9. The zero-order chi connectivity index (χ0) is 20.4. The lowest BCUT2D eigenvalue weighted by Gasteiger charge is -2.05. The first-order valence-electron chi connectivity index (χ1n) is 9.12. The Bertz CT molecular complexity index is 938. The average Bonchev–Trinajstić information content (AvgIpc) is 2.70. The van der Waals surface area contributed by atoms with Gasteiger partial charge in [0.15, 0.2) is 6.61 Å². The van der Waals surface area contributed by atoms with Gasteiger partial charge in [-0.25, -0.2) is 8.42 Å². The summed E-state index contributed by atoms with van der Waals surface area (Å²) in [7, 11) is -4.27. The third-order valence-electron chi connectivity index (χ3n) is 3.96. The Morgan fingerprint density at radius 2 is 1.46 bits per heavy atom. The molecule has 148 valence electrons. The molecular formula is C22H25NO4S. The Morgan fingerprint density at radius 3 is 2.00 bits per heavy atom. The van der Waals surface area contributed by atoms with Gasteiger partial charge in [-0.15, -0.1) is 0 Å². The Balaban J connectivity index is 0.000000221. The third-order valence-corrected chi connectivity index (χ3v) is 4.81. The van der Waals surface area contributed by atoms with E-state index in [1.54, 1.807) is 16.9 Å². The highest BCUT2D eigenvalue weighted by Gasteiger charge is 2.03. The van der Waals surface area contributed by atoms with Gasteiger partial charge in [-0.2, -0.15) is 0 Å². The van der Waals surface area contributed by atoms with Gasteiger partial charge in [0.2, 0.25) is 12.4 Å². The summed E-state index contributed by atoms with van der Waals surface area (Å²) >= 11 is 0. The van der Waals surface area contributed by atoms with Crippen LogP contribution in [0.1, 0.15) is 25.3 Å². The SMILES string of the molecule is CCCCO[n+]1ccc(-c2ccccc2)cc1.Cc1ccc(S(=O)(=O)[O-])cc1. The molecule has 3 rings (SSSR count). The predicted octanol–water partition coefficient (Wildman–Crippen LogP) is 3.77. The van der Waals surface area contributed by atoms with E-state index >= 15 is 0 Å². The average molecular weight is 400 g/mol. The third kappa shape index (κ3) is 7.13. The number of unbranched alkanes of at least 4 members (excludes halogenated alkanes) is 1. The summed E-state index contributed by atoms with van der Waals surface area (Å²) in [5, 5.41) is 0. The molecule has 0 saturated carbocycles. The van der Waals surface area contributed by atoms with E-state index in [4.69, 9.17) is 4.84 Å². The maximum Gasteiger partial charge on any atom is 0.223 e. The van der Waals surface area contributed by atoms with Gasteiger partial charge in [0.25, 0.3) is 0 Å². The molecule has 0 aliphatic carbocycles. The highest BCUT2D eigenvalue weighted by molar-refractivity contribution is 7.85. The minimum atomic E-state index is -4.27. The van der Waals surface area contributed by atoms with Crippen molar-refractivity contribution >= 4 is 10.1 Å². The molecule has 6 heteroatoms. The van der Waals surface area contributed by atoms with Crippen LogP contribution in [0.5, 0.6) is 0 Å². The molecule has 0 aliphatic heterocycles. The van der Waals surface area contributed by atoms with Crippen molar-refractivity contribution in [3.63, 3.8) is 0 Å². The molecule has 0 amide bonds. The monoisotopic (exact) mass is 399 g/mol. The number of rotatable bonds is 6. The van der Waals surface area contributed by atoms with Crippen LogP contribution in [0.4, 0.5) is 0 Å². The number of nitrogens with zero attached hydrogens (tertiary/aromatic N) is 1. The Labute approximate surface area is 167 Å². The molecule has 0 atom stereocenters. The fourth-order valence-electron chi connectivity index (χ4n) is 2.34. The van der Waals surface area contributed by atoms with Gasteiger partial charge in [-0.3, -0.25) is 4.84 Å². The van der Waals surface area contributed by atoms with E-state index < -0.39 is 10.1 Å². The maximum atomic E-state index is 10.4. The van der Waals surface area contributed by atoms with Crippen LogP contribution in [0.15, 0.2) is 84.0 Å². The molecule has 1 aromatic heterocycles. The standard InChI is InChI=1S/C15H18NO.C7H8O3S/c1-2-3-13-17-16-11-9-15(10-12-16)14-7-5-4-6-8-14;1-6-2-4-7(5-3-6)11(8,9)10/h4-12H,2-3,13H2,1H3;2-5H,1H3,(H,8,9,10)/q+1;/p-1. The molecule has 0 radical (unpaired) electrons. The minimum Gasteiger partial charge on any atom is -0.744 e. The summed E-state index contributed by atoms with van der Waals surface area (Å²) in [5.41, 5.74) is 3.37. The second kappa shape index (κ2) is 10.6. The smallest absolute Gasteiger partial charge is 0.223 e. The first-order chi connectivity index (χ1) is 13.4. The normalized spacial score (nSPS) is 10.7. The highest BCUT2D eigenvalue weighted by atomic mass is 32.2. The molecule has 2 aromatic carbocycles. The van der Waals surface area contributed by atoms with Crippen molar-refractivity contribution in [1.29, 1.82) is 0 Å². The summed E-state index contributed by atoms with van der Waals surface area (Å²) in [6, 6.07) is 20.3. The number of aromatic nitrogens is 1. The first-order valence-corrected chi connectivity index (χ1v) is 10.5. The van der Waals surface area contributed by atoms with Crippen LogP contribution in [0.2, 0.25) is 0 Å². The molecule has 5 nitrogen and oxygen atoms in total. The number of benzene rings is 2. The molecule has 0 fully saturated rings. The van der Waals surface area contributed by atoms with E-state index in [1.807, 2.05) is 37.5 Å². The second-order valence-corrected chi connectivity index (χ2v) is 7.65. The van der Waals surface area contributed by atoms with Crippen molar-refractivity contribution in [2.45, 2.75) is 31.6 Å². The first kappa shape index (κ1) is 21.6. The molecular weight excluding hydrogens is 374 g/mol. The van der Waals surface area contributed by atoms with E-state index in [0.29, 0.717) is 0 Å². The lowest BCUT2D eigenvalue weighted by molar-refractivity contribution is -0.891. The van der Waals surface area contributed by atoms with Crippen molar-refractivity contribution in [2.24, 2.45) is 0 Å². The molecule has 0 unspecified atom stereocenters.